The van der Waals surface area contributed by atoms with Gasteiger partial charge >= 0.3 is 0 Å². The van der Waals surface area contributed by atoms with Crippen molar-refractivity contribution in [1.29, 1.82) is 0 Å². The standard InChI is InChI=1S/C11H13N3S2/c1-8-2-4-9(5-3-8)13-11(16)14-7-6-12-10(14)15/h2-5H,6-7H2,1H3,(H,12,15)(H,13,16). The Labute approximate surface area is 106 Å². The summed E-state index contributed by atoms with van der Waals surface area (Å²) in [5, 5.41) is 7.60. The van der Waals surface area contributed by atoms with Crippen molar-refractivity contribution in [1.82, 2.24) is 10.2 Å². The molecule has 1 aromatic carbocycles. The van der Waals surface area contributed by atoms with Crippen LogP contribution in [0.25, 0.3) is 0 Å². The highest BCUT2D eigenvalue weighted by Crippen LogP contribution is 2.10. The van der Waals surface area contributed by atoms with Gasteiger partial charge in [-0.2, -0.15) is 0 Å². The molecule has 1 heterocycles. The van der Waals surface area contributed by atoms with Crippen LogP contribution in [0.2, 0.25) is 0 Å². The molecule has 1 fully saturated rings. The fourth-order valence-corrected chi connectivity index (χ4v) is 2.14. The summed E-state index contributed by atoms with van der Waals surface area (Å²) in [6, 6.07) is 8.11. The van der Waals surface area contributed by atoms with Gasteiger partial charge in [0, 0.05) is 18.8 Å². The van der Waals surface area contributed by atoms with Gasteiger partial charge in [-0.1, -0.05) is 17.7 Å². The highest BCUT2D eigenvalue weighted by Gasteiger charge is 2.19. The molecule has 1 aliphatic rings. The Morgan fingerprint density at radius 2 is 2.06 bits per heavy atom. The third kappa shape index (κ3) is 2.48. The molecule has 2 rings (SSSR count). The van der Waals surface area contributed by atoms with Crippen LogP contribution in [-0.2, 0) is 0 Å². The number of rotatable bonds is 1. The second kappa shape index (κ2) is 4.76. The number of anilines is 1. The molecule has 5 heteroatoms. The Bertz CT molecular complexity index is 414. The zero-order chi connectivity index (χ0) is 11.5. The van der Waals surface area contributed by atoms with E-state index in [1.54, 1.807) is 0 Å². The molecular formula is C11H13N3S2. The number of nitrogens with zero attached hydrogens (tertiary/aromatic N) is 1. The summed E-state index contributed by atoms with van der Waals surface area (Å²) >= 11 is 10.4. The van der Waals surface area contributed by atoms with Gasteiger partial charge in [0.15, 0.2) is 10.2 Å². The molecular weight excluding hydrogens is 238 g/mol. The third-order valence-electron chi connectivity index (χ3n) is 2.40. The number of benzene rings is 1. The van der Waals surface area contributed by atoms with Crippen molar-refractivity contribution in [3.63, 3.8) is 0 Å². The third-order valence-corrected chi connectivity index (χ3v) is 3.09. The maximum Gasteiger partial charge on any atom is 0.179 e. The Morgan fingerprint density at radius 1 is 1.38 bits per heavy atom. The van der Waals surface area contributed by atoms with Crippen LogP contribution in [0.4, 0.5) is 5.69 Å². The molecule has 0 saturated carbocycles. The van der Waals surface area contributed by atoms with E-state index in [1.165, 1.54) is 5.56 Å². The second-order valence-electron chi connectivity index (χ2n) is 3.68. The van der Waals surface area contributed by atoms with Gasteiger partial charge in [0.25, 0.3) is 0 Å². The molecule has 16 heavy (non-hydrogen) atoms. The van der Waals surface area contributed by atoms with Gasteiger partial charge in [-0.3, -0.25) is 4.90 Å². The average Bonchev–Trinajstić information content (AvgIpc) is 2.68. The number of nitrogens with one attached hydrogen (secondary N) is 2. The molecule has 0 aliphatic carbocycles. The predicted octanol–water partition coefficient (Wildman–Crippen LogP) is 1.88. The monoisotopic (exact) mass is 251 g/mol. The summed E-state index contributed by atoms with van der Waals surface area (Å²) < 4.78 is 0. The van der Waals surface area contributed by atoms with Crippen LogP contribution in [0.3, 0.4) is 0 Å². The SMILES string of the molecule is Cc1ccc(NC(=S)N2CCNC2=S)cc1. The van der Waals surface area contributed by atoms with Gasteiger partial charge in [-0.15, -0.1) is 0 Å². The molecule has 1 saturated heterocycles. The first-order valence-corrected chi connectivity index (χ1v) is 5.91. The Morgan fingerprint density at radius 3 is 2.62 bits per heavy atom. The summed E-state index contributed by atoms with van der Waals surface area (Å²) in [6.07, 6.45) is 0. The molecule has 2 N–H and O–H groups in total. The highest BCUT2D eigenvalue weighted by molar-refractivity contribution is 7.82. The van der Waals surface area contributed by atoms with E-state index in [0.717, 1.165) is 18.8 Å². The van der Waals surface area contributed by atoms with Gasteiger partial charge in [-0.25, -0.2) is 0 Å². The first kappa shape index (κ1) is 11.3. The van der Waals surface area contributed by atoms with E-state index in [9.17, 15) is 0 Å². The van der Waals surface area contributed by atoms with Crippen LogP contribution in [0.5, 0.6) is 0 Å². The summed E-state index contributed by atoms with van der Waals surface area (Å²) in [5.74, 6) is 0. The Kier molecular flexibility index (Phi) is 3.36. The summed E-state index contributed by atoms with van der Waals surface area (Å²) in [6.45, 7) is 3.74. The fourth-order valence-electron chi connectivity index (χ4n) is 1.49. The van der Waals surface area contributed by atoms with Gasteiger partial charge in [0.2, 0.25) is 0 Å². The first-order chi connectivity index (χ1) is 7.66. The summed E-state index contributed by atoms with van der Waals surface area (Å²) in [7, 11) is 0. The molecule has 0 aromatic heterocycles. The molecule has 0 atom stereocenters. The van der Waals surface area contributed by atoms with Crippen molar-refractivity contribution in [2.24, 2.45) is 0 Å². The van der Waals surface area contributed by atoms with Gasteiger partial charge in [-0.05, 0) is 43.5 Å². The lowest BCUT2D eigenvalue weighted by Gasteiger charge is -2.18. The number of hydrogen-bond donors (Lipinski definition) is 2. The summed E-state index contributed by atoms with van der Waals surface area (Å²) in [5.41, 5.74) is 2.22. The minimum Gasteiger partial charge on any atom is -0.360 e. The quantitative estimate of drug-likeness (QED) is 0.743. The van der Waals surface area contributed by atoms with Crippen LogP contribution >= 0.6 is 24.4 Å². The van der Waals surface area contributed by atoms with E-state index in [-0.39, 0.29) is 0 Å². The zero-order valence-corrected chi connectivity index (χ0v) is 10.6. The Hall–Kier alpha value is -1.20. The van der Waals surface area contributed by atoms with Crippen molar-refractivity contribution in [2.75, 3.05) is 18.4 Å². The zero-order valence-electron chi connectivity index (χ0n) is 8.99. The molecule has 0 amide bonds. The van der Waals surface area contributed by atoms with E-state index in [2.05, 4.69) is 17.6 Å². The average molecular weight is 251 g/mol. The molecule has 84 valence electrons. The number of aryl methyl sites for hydroxylation is 1. The molecule has 1 aromatic rings. The molecule has 3 nitrogen and oxygen atoms in total. The molecule has 0 spiro atoms. The van der Waals surface area contributed by atoms with Crippen LogP contribution in [-0.4, -0.2) is 28.2 Å². The summed E-state index contributed by atoms with van der Waals surface area (Å²) in [4.78, 5) is 1.89. The van der Waals surface area contributed by atoms with E-state index >= 15 is 0 Å². The molecule has 0 unspecified atom stereocenters. The van der Waals surface area contributed by atoms with E-state index in [0.29, 0.717) is 10.2 Å². The Balaban J connectivity index is 2.02. The molecule has 0 radical (unpaired) electrons. The van der Waals surface area contributed by atoms with Crippen molar-refractivity contribution in [3.05, 3.63) is 29.8 Å². The number of thiocarbonyl (C=S) groups is 2. The lowest BCUT2D eigenvalue weighted by Crippen LogP contribution is -2.37. The van der Waals surface area contributed by atoms with Gasteiger partial charge in [0.1, 0.15) is 0 Å². The minimum atomic E-state index is 0.652. The largest absolute Gasteiger partial charge is 0.360 e. The van der Waals surface area contributed by atoms with E-state index < -0.39 is 0 Å². The number of hydrogen-bond acceptors (Lipinski definition) is 2. The van der Waals surface area contributed by atoms with E-state index in [4.69, 9.17) is 24.4 Å². The first-order valence-electron chi connectivity index (χ1n) is 5.10. The van der Waals surface area contributed by atoms with E-state index in [1.807, 2.05) is 29.2 Å². The molecule has 1 aliphatic heterocycles. The fraction of sp³-hybridized carbons (Fsp3) is 0.273. The van der Waals surface area contributed by atoms with Crippen LogP contribution < -0.4 is 10.6 Å². The van der Waals surface area contributed by atoms with Crippen LogP contribution in [0.15, 0.2) is 24.3 Å². The minimum absolute atomic E-state index is 0.652. The van der Waals surface area contributed by atoms with Crippen molar-refractivity contribution < 1.29 is 0 Å². The maximum absolute atomic E-state index is 5.29. The van der Waals surface area contributed by atoms with Crippen LogP contribution in [0, 0.1) is 6.92 Å². The van der Waals surface area contributed by atoms with Gasteiger partial charge in [0.05, 0.1) is 0 Å². The van der Waals surface area contributed by atoms with Crippen LogP contribution in [0.1, 0.15) is 5.56 Å². The van der Waals surface area contributed by atoms with Crippen molar-refractivity contribution in [3.8, 4) is 0 Å². The normalized spacial score (nSPS) is 14.8. The smallest absolute Gasteiger partial charge is 0.179 e. The lowest BCUT2D eigenvalue weighted by atomic mass is 10.2. The topological polar surface area (TPSA) is 27.3 Å². The second-order valence-corrected chi connectivity index (χ2v) is 4.45. The highest BCUT2D eigenvalue weighted by atomic mass is 32.1. The molecule has 0 bridgehead atoms. The van der Waals surface area contributed by atoms with Crippen molar-refractivity contribution >= 4 is 40.3 Å². The maximum atomic E-state index is 5.29. The lowest BCUT2D eigenvalue weighted by molar-refractivity contribution is 0.693. The predicted molar refractivity (Wildman–Crippen MR) is 74.7 cm³/mol. The van der Waals surface area contributed by atoms with Gasteiger partial charge < -0.3 is 10.6 Å². The van der Waals surface area contributed by atoms with Crippen molar-refractivity contribution in [2.45, 2.75) is 6.92 Å².